The van der Waals surface area contributed by atoms with Crippen LogP contribution < -0.4 is 21.1 Å². The molecule has 4 aliphatic rings. The number of phenols is 1. The number of methoxy groups -OCH3 is 1. The van der Waals surface area contributed by atoms with E-state index in [0.717, 1.165) is 44.9 Å². The lowest BCUT2D eigenvalue weighted by molar-refractivity contribution is -0.124. The first-order valence-electron chi connectivity index (χ1n) is 19.3. The predicted molar refractivity (Wildman–Crippen MR) is 204 cm³/mol. The topological polar surface area (TPSA) is 168 Å². The second-order valence-electron chi connectivity index (χ2n) is 17.4. The van der Waals surface area contributed by atoms with Crippen LogP contribution in [-0.2, 0) is 27.7 Å². The number of fused-ring (bicyclic) bond motifs is 5. The van der Waals surface area contributed by atoms with Crippen molar-refractivity contribution in [3.8, 4) is 11.5 Å². The molecule has 5 N–H and O–H groups in total. The maximum Gasteiger partial charge on any atom is 0.531 e. The molecule has 13 heteroatoms. The molecule has 0 saturated heterocycles. The lowest BCUT2D eigenvalue weighted by atomic mass is 9.52. The second kappa shape index (κ2) is 16.4. The summed E-state index contributed by atoms with van der Waals surface area (Å²) in [5, 5.41) is 15.9. The Hall–Kier alpha value is -3.05. The van der Waals surface area contributed by atoms with Crippen molar-refractivity contribution < 1.29 is 42.3 Å². The van der Waals surface area contributed by atoms with Crippen molar-refractivity contribution in [1.82, 2.24) is 10.6 Å². The Morgan fingerprint density at radius 1 is 1.00 bits per heavy atom. The van der Waals surface area contributed by atoms with Gasteiger partial charge in [-0.1, -0.05) is 12.5 Å². The number of nitrogen functional groups attached to an aromatic ring is 1. The Balaban J connectivity index is 1.06. The highest BCUT2D eigenvalue weighted by molar-refractivity contribution is 7.48. The molecule has 3 fully saturated rings. The van der Waals surface area contributed by atoms with Gasteiger partial charge >= 0.3 is 7.82 Å². The van der Waals surface area contributed by atoms with Crippen LogP contribution in [0.2, 0.25) is 0 Å². The van der Waals surface area contributed by atoms with Crippen molar-refractivity contribution in [2.45, 2.75) is 124 Å². The van der Waals surface area contributed by atoms with E-state index in [0.29, 0.717) is 55.5 Å². The molecule has 0 heterocycles. The zero-order valence-electron chi connectivity index (χ0n) is 32.9. The molecule has 3 saturated carbocycles. The summed E-state index contributed by atoms with van der Waals surface area (Å²) in [6.07, 6.45) is 12.5. The number of hydrogen-bond donors (Lipinski definition) is 4. The maximum atomic E-state index is 13.8. The van der Waals surface area contributed by atoms with E-state index in [1.54, 1.807) is 0 Å². The van der Waals surface area contributed by atoms with Gasteiger partial charge in [-0.05, 0) is 146 Å². The predicted octanol–water partition coefficient (Wildman–Crippen LogP) is 7.82. The summed E-state index contributed by atoms with van der Waals surface area (Å²) >= 11 is 0. The smallest absolute Gasteiger partial charge is 0.505 e. The van der Waals surface area contributed by atoms with Gasteiger partial charge in [0.2, 0.25) is 5.91 Å². The summed E-state index contributed by atoms with van der Waals surface area (Å²) in [4.78, 5) is 25.2. The molecule has 6 atom stereocenters. The first-order chi connectivity index (χ1) is 24.8. The van der Waals surface area contributed by atoms with Crippen LogP contribution >= 0.6 is 7.82 Å². The van der Waals surface area contributed by atoms with E-state index >= 15 is 0 Å². The molecular formula is C40H62N3O9P. The Morgan fingerprint density at radius 2 is 1.70 bits per heavy atom. The molecule has 53 heavy (non-hydrogen) atoms. The quantitative estimate of drug-likeness (QED) is 0.0636. The normalized spacial score (nSPS) is 27.1. The molecule has 0 aromatic heterocycles. The van der Waals surface area contributed by atoms with Crippen LogP contribution in [0.3, 0.4) is 0 Å². The van der Waals surface area contributed by atoms with Gasteiger partial charge in [0.1, 0.15) is 17.1 Å². The van der Waals surface area contributed by atoms with Crippen LogP contribution in [-0.4, -0.2) is 61.0 Å². The average molecular weight is 760 g/mol. The number of nitrogens with two attached hydrogens (primary N) is 1. The molecule has 0 spiro atoms. The van der Waals surface area contributed by atoms with Gasteiger partial charge < -0.3 is 35.5 Å². The van der Waals surface area contributed by atoms with Crippen LogP contribution in [0.5, 0.6) is 11.5 Å². The van der Waals surface area contributed by atoms with Crippen molar-refractivity contribution in [3.63, 3.8) is 0 Å². The molecular weight excluding hydrogens is 697 g/mol. The molecule has 296 valence electrons. The second-order valence-corrected chi connectivity index (χ2v) is 18.8. The Bertz CT molecular complexity index is 1590. The lowest BCUT2D eigenvalue weighted by Gasteiger charge is -2.53. The zero-order valence-corrected chi connectivity index (χ0v) is 33.8. The van der Waals surface area contributed by atoms with Gasteiger partial charge in [-0.15, -0.1) is 0 Å². The summed E-state index contributed by atoms with van der Waals surface area (Å²) in [6.45, 7) is 14.6. The minimum absolute atomic E-state index is 0.00991. The van der Waals surface area contributed by atoms with Crippen LogP contribution in [0.1, 0.15) is 117 Å². The van der Waals surface area contributed by atoms with E-state index in [2.05, 4.69) is 29.7 Å². The molecule has 0 radical (unpaired) electrons. The van der Waals surface area contributed by atoms with Gasteiger partial charge in [0.15, 0.2) is 5.75 Å². The number of phosphoric acid groups is 1. The van der Waals surface area contributed by atoms with E-state index in [-0.39, 0.29) is 46.6 Å². The van der Waals surface area contributed by atoms with E-state index in [1.165, 1.54) is 24.8 Å². The molecule has 0 bridgehead atoms. The summed E-state index contributed by atoms with van der Waals surface area (Å²) in [7, 11) is -2.44. The number of rotatable bonds is 14. The van der Waals surface area contributed by atoms with Crippen molar-refractivity contribution >= 4 is 25.3 Å². The summed E-state index contributed by atoms with van der Waals surface area (Å²) in [5.41, 5.74) is 5.90. The molecule has 2 amide bonds. The molecule has 1 aromatic carbocycles. The maximum absolute atomic E-state index is 13.8. The average Bonchev–Trinajstić information content (AvgIpc) is 3.39. The zero-order chi connectivity index (χ0) is 38.8. The van der Waals surface area contributed by atoms with Crippen LogP contribution in [0.4, 0.5) is 5.69 Å². The summed E-state index contributed by atoms with van der Waals surface area (Å²) in [6, 6.07) is 3.01. The lowest BCUT2D eigenvalue weighted by Crippen LogP contribution is -2.47. The standard InChI is InChI=1S/C40H62N3O9P/c1-38(2,3)51-53(47,52-39(4,5)6)50-26-11-13-27-25(24-26)10-12-29-28(27)18-20-40(7)30(29)14-17-33(40)49-23-19-34(44)42-21-9-22-43-37(46)35-32(48-8)16-15-31(41)36(35)45/h11,15-16,24,27-30,33,45H,9-10,12-14,17-23,41H2,1-8H3,(H,42,44)(H,43,46). The Morgan fingerprint density at radius 3 is 2.38 bits per heavy atom. The third kappa shape index (κ3) is 9.99. The number of ether oxygens (including phenoxy) is 2. The van der Waals surface area contributed by atoms with Gasteiger partial charge in [-0.25, -0.2) is 4.57 Å². The number of aromatic hydroxyl groups is 1. The van der Waals surface area contributed by atoms with Gasteiger partial charge in [0, 0.05) is 19.5 Å². The summed E-state index contributed by atoms with van der Waals surface area (Å²) in [5.74, 6) is 2.20. The Kier molecular flexibility index (Phi) is 12.7. The van der Waals surface area contributed by atoms with Crippen molar-refractivity contribution in [2.24, 2.45) is 29.1 Å². The van der Waals surface area contributed by atoms with E-state index in [4.69, 9.17) is 28.8 Å². The fourth-order valence-corrected chi connectivity index (χ4v) is 11.0. The SMILES string of the molecule is COc1ccc(N)c(O)c1C(=O)NCCCNC(=O)CCOC1CCC2C3CCC4=CC(OP(=O)(OC(C)(C)C)OC(C)(C)C)=CCC4C3CCC12C. The number of hydrogen-bond acceptors (Lipinski definition) is 10. The van der Waals surface area contributed by atoms with E-state index in [1.807, 2.05) is 41.5 Å². The van der Waals surface area contributed by atoms with Gasteiger partial charge in [-0.2, -0.15) is 0 Å². The fourth-order valence-electron chi connectivity index (χ4n) is 9.13. The molecule has 6 unspecified atom stereocenters. The fraction of sp³-hybridized carbons (Fsp3) is 0.700. The van der Waals surface area contributed by atoms with Gasteiger partial charge in [-0.3, -0.25) is 18.6 Å². The van der Waals surface area contributed by atoms with Crippen LogP contribution in [0, 0.1) is 29.1 Å². The first kappa shape index (κ1) is 41.1. The first-order valence-corrected chi connectivity index (χ1v) is 20.7. The molecule has 5 rings (SSSR count). The largest absolute Gasteiger partial charge is 0.531 e. The number of carbonyl (C=O) groups is 2. The highest BCUT2D eigenvalue weighted by Crippen LogP contribution is 2.63. The molecule has 12 nitrogen and oxygen atoms in total. The third-order valence-corrected chi connectivity index (χ3v) is 13.3. The van der Waals surface area contributed by atoms with E-state index < -0.39 is 24.9 Å². The van der Waals surface area contributed by atoms with E-state index in [9.17, 15) is 19.3 Å². The van der Waals surface area contributed by atoms with Crippen molar-refractivity contribution in [1.29, 1.82) is 0 Å². The van der Waals surface area contributed by atoms with Gasteiger partial charge in [0.25, 0.3) is 5.91 Å². The summed E-state index contributed by atoms with van der Waals surface area (Å²) < 4.78 is 43.2. The van der Waals surface area contributed by atoms with Crippen LogP contribution in [0.15, 0.2) is 35.6 Å². The molecule has 4 aliphatic carbocycles. The molecule has 1 aromatic rings. The molecule has 0 aliphatic heterocycles. The number of amides is 2. The van der Waals surface area contributed by atoms with Gasteiger partial charge in [0.05, 0.1) is 36.7 Å². The number of phosphoric ester groups is 1. The highest BCUT2D eigenvalue weighted by atomic mass is 31.2. The Labute approximate surface area is 315 Å². The minimum atomic E-state index is -3.86. The number of phenolic OH excluding ortho intramolecular Hbond substituents is 1. The number of nitrogens with one attached hydrogen (secondary N) is 2. The number of carbonyl (C=O) groups excluding carboxylic acids is 2. The van der Waals surface area contributed by atoms with Crippen molar-refractivity contribution in [3.05, 3.63) is 41.2 Å². The monoisotopic (exact) mass is 759 g/mol. The number of allylic oxidation sites excluding steroid dienone is 3. The minimum Gasteiger partial charge on any atom is -0.505 e. The number of benzene rings is 1. The van der Waals surface area contributed by atoms with Crippen molar-refractivity contribution in [2.75, 3.05) is 32.5 Å². The highest BCUT2D eigenvalue weighted by Gasteiger charge is 2.56. The third-order valence-electron chi connectivity index (χ3n) is 11.3. The number of anilines is 1. The van der Waals surface area contributed by atoms with Crippen LogP contribution in [0.25, 0.3) is 0 Å².